The number of hydrogen-bond donors (Lipinski definition) is 3. The average Bonchev–Trinajstić information content (AvgIpc) is 2.38. The lowest BCUT2D eigenvalue weighted by Gasteiger charge is -2.32. The standard InChI is InChI=1S/C13H19FN4O2S/c1-9-5-2-3-8-18(9)21(19,20)17-11-7-4-6-10(14)12(11)13(15)16/h4,6-7,9,17H,2-3,5,8H2,1H3,(H3,15,16). The van der Waals surface area contributed by atoms with Crippen LogP contribution in [0.4, 0.5) is 10.1 Å². The molecule has 6 nitrogen and oxygen atoms in total. The number of benzene rings is 1. The van der Waals surface area contributed by atoms with E-state index in [9.17, 15) is 12.8 Å². The number of piperidine rings is 1. The van der Waals surface area contributed by atoms with E-state index in [1.165, 1.54) is 16.4 Å². The van der Waals surface area contributed by atoms with Crippen molar-refractivity contribution in [1.29, 1.82) is 5.41 Å². The number of rotatable bonds is 4. The molecule has 1 saturated heterocycles. The van der Waals surface area contributed by atoms with Crippen molar-refractivity contribution in [3.63, 3.8) is 0 Å². The second-order valence-corrected chi connectivity index (χ2v) is 6.76. The number of nitrogens with one attached hydrogen (secondary N) is 2. The Morgan fingerprint density at radius 2 is 2.19 bits per heavy atom. The normalized spacial score (nSPS) is 20.2. The molecular formula is C13H19FN4O2S. The minimum atomic E-state index is -3.79. The second kappa shape index (κ2) is 5.98. The lowest BCUT2D eigenvalue weighted by atomic mass is 10.1. The Balaban J connectivity index is 2.33. The van der Waals surface area contributed by atoms with Gasteiger partial charge in [-0.25, -0.2) is 4.39 Å². The van der Waals surface area contributed by atoms with Crippen molar-refractivity contribution in [3.05, 3.63) is 29.6 Å². The van der Waals surface area contributed by atoms with Crippen LogP contribution in [0.5, 0.6) is 0 Å². The van der Waals surface area contributed by atoms with Gasteiger partial charge < -0.3 is 5.73 Å². The maximum atomic E-state index is 13.7. The third kappa shape index (κ3) is 3.33. The van der Waals surface area contributed by atoms with Gasteiger partial charge in [0.15, 0.2) is 0 Å². The highest BCUT2D eigenvalue weighted by atomic mass is 32.2. The number of nitrogen functional groups attached to an aromatic ring is 1. The lowest BCUT2D eigenvalue weighted by Crippen LogP contribution is -2.45. The molecule has 1 aromatic rings. The Hall–Kier alpha value is -1.67. The fourth-order valence-corrected chi connectivity index (χ4v) is 4.02. The maximum absolute atomic E-state index is 13.7. The van der Waals surface area contributed by atoms with Gasteiger partial charge in [0.2, 0.25) is 0 Å². The first-order valence-corrected chi connectivity index (χ1v) is 8.19. The molecule has 0 spiro atoms. The molecule has 0 saturated carbocycles. The van der Waals surface area contributed by atoms with Crippen LogP contribution in [0.15, 0.2) is 18.2 Å². The molecular weight excluding hydrogens is 295 g/mol. The average molecular weight is 314 g/mol. The molecule has 1 fully saturated rings. The van der Waals surface area contributed by atoms with Crippen LogP contribution in [0.3, 0.4) is 0 Å². The van der Waals surface area contributed by atoms with Crippen LogP contribution in [-0.4, -0.2) is 31.1 Å². The summed E-state index contributed by atoms with van der Waals surface area (Å²) < 4.78 is 42.3. The number of nitrogens with two attached hydrogens (primary N) is 1. The van der Waals surface area contributed by atoms with Crippen LogP contribution in [0.25, 0.3) is 0 Å². The summed E-state index contributed by atoms with van der Waals surface area (Å²) in [7, 11) is -3.79. The summed E-state index contributed by atoms with van der Waals surface area (Å²) in [6.45, 7) is 2.27. The first-order valence-electron chi connectivity index (χ1n) is 6.75. The molecule has 1 aromatic carbocycles. The van der Waals surface area contributed by atoms with E-state index in [4.69, 9.17) is 11.1 Å². The third-order valence-corrected chi connectivity index (χ3v) is 5.21. The molecule has 0 aromatic heterocycles. The fraction of sp³-hybridized carbons (Fsp3) is 0.462. The molecule has 1 unspecified atom stereocenters. The number of halogens is 1. The van der Waals surface area contributed by atoms with E-state index in [0.717, 1.165) is 25.3 Å². The van der Waals surface area contributed by atoms with Crippen molar-refractivity contribution in [3.8, 4) is 0 Å². The first-order chi connectivity index (χ1) is 9.83. The van der Waals surface area contributed by atoms with Gasteiger partial charge >= 0.3 is 10.2 Å². The largest absolute Gasteiger partial charge is 0.384 e. The molecule has 4 N–H and O–H groups in total. The van der Waals surface area contributed by atoms with Gasteiger partial charge in [0, 0.05) is 12.6 Å². The number of amidine groups is 1. The van der Waals surface area contributed by atoms with Crippen molar-refractivity contribution >= 4 is 21.7 Å². The van der Waals surface area contributed by atoms with Gasteiger partial charge in [0.05, 0.1) is 11.3 Å². The van der Waals surface area contributed by atoms with Gasteiger partial charge in [0.1, 0.15) is 11.7 Å². The highest BCUT2D eigenvalue weighted by Gasteiger charge is 2.30. The molecule has 1 heterocycles. The Morgan fingerprint density at radius 3 is 2.81 bits per heavy atom. The molecule has 116 valence electrons. The SMILES string of the molecule is CC1CCCCN1S(=O)(=O)Nc1cccc(F)c1C(=N)N. The number of nitrogens with zero attached hydrogens (tertiary/aromatic N) is 1. The predicted molar refractivity (Wildman–Crippen MR) is 80.0 cm³/mol. The Labute approximate surface area is 123 Å². The molecule has 21 heavy (non-hydrogen) atoms. The summed E-state index contributed by atoms with van der Waals surface area (Å²) in [5.41, 5.74) is 5.09. The first kappa shape index (κ1) is 15.7. The van der Waals surface area contributed by atoms with Crippen molar-refractivity contribution in [2.75, 3.05) is 11.3 Å². The monoisotopic (exact) mass is 314 g/mol. The zero-order valence-electron chi connectivity index (χ0n) is 11.8. The van der Waals surface area contributed by atoms with Gasteiger partial charge in [0.25, 0.3) is 0 Å². The summed E-state index contributed by atoms with van der Waals surface area (Å²) in [5.74, 6) is -1.24. The topological polar surface area (TPSA) is 99.3 Å². The zero-order valence-corrected chi connectivity index (χ0v) is 12.6. The summed E-state index contributed by atoms with van der Waals surface area (Å²) in [4.78, 5) is 0. The highest BCUT2D eigenvalue weighted by Crippen LogP contribution is 2.24. The molecule has 0 aliphatic carbocycles. The van der Waals surface area contributed by atoms with Crippen LogP contribution >= 0.6 is 0 Å². The van der Waals surface area contributed by atoms with Crippen LogP contribution in [0.1, 0.15) is 31.7 Å². The van der Waals surface area contributed by atoms with Gasteiger partial charge in [-0.2, -0.15) is 12.7 Å². The number of anilines is 1. The summed E-state index contributed by atoms with van der Waals surface area (Å²) in [5, 5.41) is 7.40. The summed E-state index contributed by atoms with van der Waals surface area (Å²) >= 11 is 0. The molecule has 2 rings (SSSR count). The quantitative estimate of drug-likeness (QED) is 0.582. The summed E-state index contributed by atoms with van der Waals surface area (Å²) in [6.07, 6.45) is 2.59. The molecule has 1 aliphatic rings. The van der Waals surface area contributed by atoms with Crippen LogP contribution in [0, 0.1) is 11.2 Å². The molecule has 0 bridgehead atoms. The van der Waals surface area contributed by atoms with Crippen LogP contribution < -0.4 is 10.5 Å². The molecule has 1 atom stereocenters. The second-order valence-electron chi connectivity index (χ2n) is 5.14. The molecule has 0 amide bonds. The minimum Gasteiger partial charge on any atom is -0.384 e. The van der Waals surface area contributed by atoms with Crippen molar-refractivity contribution in [2.45, 2.75) is 32.2 Å². The molecule has 1 aliphatic heterocycles. The maximum Gasteiger partial charge on any atom is 0.301 e. The van der Waals surface area contributed by atoms with Crippen molar-refractivity contribution < 1.29 is 12.8 Å². The van der Waals surface area contributed by atoms with Crippen molar-refractivity contribution in [2.24, 2.45) is 5.73 Å². The smallest absolute Gasteiger partial charge is 0.301 e. The van der Waals surface area contributed by atoms with Crippen LogP contribution in [-0.2, 0) is 10.2 Å². The van der Waals surface area contributed by atoms with Crippen LogP contribution in [0.2, 0.25) is 0 Å². The van der Waals surface area contributed by atoms with E-state index in [-0.39, 0.29) is 17.3 Å². The highest BCUT2D eigenvalue weighted by molar-refractivity contribution is 7.90. The lowest BCUT2D eigenvalue weighted by molar-refractivity contribution is 0.270. The van der Waals surface area contributed by atoms with Gasteiger partial charge in [-0.05, 0) is 31.9 Å². The van der Waals surface area contributed by atoms with E-state index < -0.39 is 21.9 Å². The number of hydrogen-bond acceptors (Lipinski definition) is 3. The van der Waals surface area contributed by atoms with E-state index in [1.54, 1.807) is 0 Å². The Kier molecular flexibility index (Phi) is 4.48. The minimum absolute atomic E-state index is 0.0136. The molecule has 8 heteroatoms. The van der Waals surface area contributed by atoms with E-state index >= 15 is 0 Å². The zero-order chi connectivity index (χ0) is 15.6. The fourth-order valence-electron chi connectivity index (χ4n) is 2.51. The summed E-state index contributed by atoms with van der Waals surface area (Å²) in [6, 6.07) is 3.80. The van der Waals surface area contributed by atoms with Crippen molar-refractivity contribution in [1.82, 2.24) is 4.31 Å². The Bertz CT molecular complexity index is 648. The Morgan fingerprint density at radius 1 is 1.48 bits per heavy atom. The van der Waals surface area contributed by atoms with Gasteiger partial charge in [-0.1, -0.05) is 12.5 Å². The molecule has 0 radical (unpaired) electrons. The van der Waals surface area contributed by atoms with E-state index in [0.29, 0.717) is 6.54 Å². The van der Waals surface area contributed by atoms with E-state index in [1.807, 2.05) is 6.92 Å². The third-order valence-electron chi connectivity index (χ3n) is 3.57. The van der Waals surface area contributed by atoms with E-state index in [2.05, 4.69) is 4.72 Å². The predicted octanol–water partition coefficient (Wildman–Crippen LogP) is 1.64. The van der Waals surface area contributed by atoms with Gasteiger partial charge in [-0.15, -0.1) is 0 Å². The van der Waals surface area contributed by atoms with Gasteiger partial charge in [-0.3, -0.25) is 10.1 Å².